The molecule has 1 aromatic heterocycles. The van der Waals surface area contributed by atoms with Crippen LogP contribution in [0.1, 0.15) is 0 Å². The lowest BCUT2D eigenvalue weighted by Crippen LogP contribution is -1.88. The predicted molar refractivity (Wildman–Crippen MR) is 54.7 cm³/mol. The van der Waals surface area contributed by atoms with E-state index in [1.165, 1.54) is 24.3 Å². The molecule has 0 saturated heterocycles. The van der Waals surface area contributed by atoms with E-state index in [-0.39, 0.29) is 28.6 Å². The Hall–Kier alpha value is -2.57. The Balaban J connectivity index is 2.55. The van der Waals surface area contributed by atoms with Crippen LogP contribution in [0.5, 0.6) is 5.75 Å². The number of rotatable bonds is 2. The lowest BCUT2D eigenvalue weighted by atomic mass is 10.1. The Labute approximate surface area is 89.2 Å². The number of nitro groups is 1. The van der Waals surface area contributed by atoms with Gasteiger partial charge in [0.1, 0.15) is 5.75 Å². The summed E-state index contributed by atoms with van der Waals surface area (Å²) in [6.45, 7) is 0. The molecule has 0 bridgehead atoms. The lowest BCUT2D eigenvalue weighted by molar-refractivity contribution is -0.384. The summed E-state index contributed by atoms with van der Waals surface area (Å²) in [6.07, 6.45) is 0. The van der Waals surface area contributed by atoms with Crippen LogP contribution in [0.3, 0.4) is 0 Å². The molecule has 0 atom stereocenters. The monoisotopic (exact) mass is 221 g/mol. The van der Waals surface area contributed by atoms with E-state index in [1.54, 1.807) is 0 Å². The number of benzene rings is 1. The summed E-state index contributed by atoms with van der Waals surface area (Å²) in [5, 5.41) is 23.5. The zero-order valence-electron chi connectivity index (χ0n) is 7.95. The van der Waals surface area contributed by atoms with E-state index in [0.29, 0.717) is 0 Å². The lowest BCUT2D eigenvalue weighted by Gasteiger charge is -1.99. The van der Waals surface area contributed by atoms with Crippen molar-refractivity contribution >= 4 is 11.5 Å². The summed E-state index contributed by atoms with van der Waals surface area (Å²) in [5.41, 5.74) is 5.37. The van der Waals surface area contributed by atoms with Gasteiger partial charge in [-0.15, -0.1) is 0 Å². The third-order valence-corrected chi connectivity index (χ3v) is 1.98. The van der Waals surface area contributed by atoms with E-state index < -0.39 is 4.92 Å². The van der Waals surface area contributed by atoms with Crippen LogP contribution in [-0.4, -0.2) is 15.2 Å². The van der Waals surface area contributed by atoms with Crippen molar-refractivity contribution in [1.29, 1.82) is 0 Å². The molecule has 7 heteroatoms. The van der Waals surface area contributed by atoms with E-state index in [2.05, 4.69) is 5.16 Å². The maximum absolute atomic E-state index is 10.6. The molecule has 0 aliphatic carbocycles. The Bertz CT molecular complexity index is 549. The second kappa shape index (κ2) is 3.54. The third-order valence-electron chi connectivity index (χ3n) is 1.98. The summed E-state index contributed by atoms with van der Waals surface area (Å²) < 4.78 is 4.81. The number of phenolic OH excluding ortho intramolecular Hbond substituents is 1. The van der Waals surface area contributed by atoms with Gasteiger partial charge in [-0.3, -0.25) is 10.1 Å². The van der Waals surface area contributed by atoms with Gasteiger partial charge in [-0.1, -0.05) is 5.16 Å². The first-order valence-corrected chi connectivity index (χ1v) is 4.28. The Kier molecular flexibility index (Phi) is 2.20. The number of nitrogens with two attached hydrogens (primary N) is 1. The highest BCUT2D eigenvalue weighted by Gasteiger charge is 2.15. The van der Waals surface area contributed by atoms with Gasteiger partial charge < -0.3 is 15.4 Å². The molecule has 7 nitrogen and oxygen atoms in total. The fraction of sp³-hybridized carbons (Fsp3) is 0. The fourth-order valence-corrected chi connectivity index (χ4v) is 1.25. The van der Waals surface area contributed by atoms with Gasteiger partial charge in [0, 0.05) is 18.2 Å². The number of non-ortho nitro benzene ring substituents is 1. The van der Waals surface area contributed by atoms with E-state index in [9.17, 15) is 15.2 Å². The van der Waals surface area contributed by atoms with Gasteiger partial charge in [-0.05, 0) is 6.07 Å². The normalized spacial score (nSPS) is 10.2. The van der Waals surface area contributed by atoms with E-state index >= 15 is 0 Å². The van der Waals surface area contributed by atoms with Crippen molar-refractivity contribution in [1.82, 2.24) is 5.16 Å². The van der Waals surface area contributed by atoms with Gasteiger partial charge in [-0.25, -0.2) is 0 Å². The zero-order valence-corrected chi connectivity index (χ0v) is 7.95. The highest BCUT2D eigenvalue weighted by Crippen LogP contribution is 2.33. The number of hydrogen-bond donors (Lipinski definition) is 2. The number of aromatic hydroxyl groups is 1. The summed E-state index contributed by atoms with van der Waals surface area (Å²) in [6, 6.07) is 4.97. The molecule has 3 N–H and O–H groups in total. The molecule has 16 heavy (non-hydrogen) atoms. The first kappa shape index (κ1) is 9.97. The highest BCUT2D eigenvalue weighted by atomic mass is 16.6. The summed E-state index contributed by atoms with van der Waals surface area (Å²) in [5.74, 6) is 0.182. The number of aromatic nitrogens is 1. The van der Waals surface area contributed by atoms with Gasteiger partial charge >= 0.3 is 0 Å². The smallest absolute Gasteiger partial charge is 0.270 e. The molecular weight excluding hydrogens is 214 g/mol. The topological polar surface area (TPSA) is 115 Å². The number of nitrogens with zero attached hydrogens (tertiary/aromatic N) is 2. The minimum atomic E-state index is -0.567. The minimum absolute atomic E-state index is 0.137. The molecule has 2 aromatic rings. The molecule has 2 rings (SSSR count). The summed E-state index contributed by atoms with van der Waals surface area (Å²) >= 11 is 0. The van der Waals surface area contributed by atoms with Crippen molar-refractivity contribution in [2.75, 3.05) is 5.73 Å². The molecule has 0 spiro atoms. The van der Waals surface area contributed by atoms with Crippen molar-refractivity contribution in [3.8, 4) is 17.1 Å². The summed E-state index contributed by atoms with van der Waals surface area (Å²) in [4.78, 5) is 9.99. The van der Waals surface area contributed by atoms with Gasteiger partial charge in [0.25, 0.3) is 5.69 Å². The number of nitrogen functional groups attached to an aromatic ring is 1. The van der Waals surface area contributed by atoms with Crippen LogP contribution < -0.4 is 5.73 Å². The van der Waals surface area contributed by atoms with Crippen LogP contribution >= 0.6 is 0 Å². The molecule has 1 aromatic carbocycles. The van der Waals surface area contributed by atoms with Gasteiger partial charge in [0.05, 0.1) is 10.5 Å². The average Bonchev–Trinajstić information content (AvgIpc) is 2.65. The molecule has 1 heterocycles. The first-order chi connectivity index (χ1) is 7.58. The van der Waals surface area contributed by atoms with Crippen LogP contribution in [-0.2, 0) is 0 Å². The Morgan fingerprint density at radius 3 is 2.75 bits per heavy atom. The first-order valence-electron chi connectivity index (χ1n) is 4.28. The minimum Gasteiger partial charge on any atom is -0.507 e. The third kappa shape index (κ3) is 1.65. The van der Waals surface area contributed by atoms with Gasteiger partial charge in [0.2, 0.25) is 0 Å². The van der Waals surface area contributed by atoms with Crippen LogP contribution in [0.25, 0.3) is 11.3 Å². The molecule has 0 aliphatic rings. The quantitative estimate of drug-likeness (QED) is 0.586. The fourth-order valence-electron chi connectivity index (χ4n) is 1.25. The maximum atomic E-state index is 10.6. The molecule has 0 amide bonds. The number of anilines is 1. The molecule has 0 fully saturated rings. The van der Waals surface area contributed by atoms with Crippen molar-refractivity contribution in [2.24, 2.45) is 0 Å². The predicted octanol–water partition coefficient (Wildman–Crippen LogP) is 1.54. The Morgan fingerprint density at radius 1 is 1.44 bits per heavy atom. The zero-order chi connectivity index (χ0) is 11.7. The van der Waals surface area contributed by atoms with Crippen molar-refractivity contribution in [2.45, 2.75) is 0 Å². The van der Waals surface area contributed by atoms with Crippen LogP contribution in [0.15, 0.2) is 28.8 Å². The molecule has 0 aliphatic heterocycles. The molecule has 0 saturated carbocycles. The SMILES string of the molecule is Nc1cc(-c2cc([N+](=O)[O-])ccc2O)on1. The van der Waals surface area contributed by atoms with Crippen molar-refractivity contribution in [3.05, 3.63) is 34.4 Å². The summed E-state index contributed by atoms with van der Waals surface area (Å²) in [7, 11) is 0. The van der Waals surface area contributed by atoms with E-state index in [0.717, 1.165) is 0 Å². The van der Waals surface area contributed by atoms with E-state index in [1.807, 2.05) is 0 Å². The van der Waals surface area contributed by atoms with Crippen LogP contribution in [0.4, 0.5) is 11.5 Å². The van der Waals surface area contributed by atoms with Crippen LogP contribution in [0.2, 0.25) is 0 Å². The molecule has 0 radical (unpaired) electrons. The number of phenols is 1. The van der Waals surface area contributed by atoms with Crippen molar-refractivity contribution in [3.63, 3.8) is 0 Å². The van der Waals surface area contributed by atoms with E-state index in [4.69, 9.17) is 10.3 Å². The largest absolute Gasteiger partial charge is 0.507 e. The molecule has 82 valence electrons. The van der Waals surface area contributed by atoms with Gasteiger partial charge in [-0.2, -0.15) is 0 Å². The average molecular weight is 221 g/mol. The standard InChI is InChI=1S/C9H7N3O4/c10-9-4-8(16-11-9)6-3-5(12(14)15)1-2-7(6)13/h1-4,13H,(H2,10,11). The highest BCUT2D eigenvalue weighted by molar-refractivity contribution is 5.69. The molecular formula is C9H7N3O4. The van der Waals surface area contributed by atoms with Crippen LogP contribution in [0, 0.1) is 10.1 Å². The second-order valence-electron chi connectivity index (χ2n) is 3.07. The van der Waals surface area contributed by atoms with Gasteiger partial charge in [0.15, 0.2) is 11.6 Å². The molecule has 0 unspecified atom stereocenters. The Morgan fingerprint density at radius 2 is 2.19 bits per heavy atom. The number of hydrogen-bond acceptors (Lipinski definition) is 6. The maximum Gasteiger partial charge on any atom is 0.270 e. The number of nitro benzene ring substituents is 1. The second-order valence-corrected chi connectivity index (χ2v) is 3.07. The van der Waals surface area contributed by atoms with Crippen molar-refractivity contribution < 1.29 is 14.6 Å².